The number of ether oxygens (including phenoxy) is 2. The Balaban J connectivity index is 2.04. The van der Waals surface area contributed by atoms with E-state index in [0.29, 0.717) is 10.8 Å². The summed E-state index contributed by atoms with van der Waals surface area (Å²) in [5, 5.41) is 36.2. The monoisotopic (exact) mass is 388 g/mol. The first-order chi connectivity index (χ1) is 12.0. The predicted octanol–water partition coefficient (Wildman–Crippen LogP) is -0.103. The molecular formula is C14H20N4O5S2. The van der Waals surface area contributed by atoms with E-state index >= 15 is 0 Å². The lowest BCUT2D eigenvalue weighted by Crippen LogP contribution is -2.41. The number of aliphatic hydroxyl groups excluding tert-OH is 3. The van der Waals surface area contributed by atoms with E-state index in [1.807, 2.05) is 12.5 Å². The fourth-order valence-corrected chi connectivity index (χ4v) is 3.84. The van der Waals surface area contributed by atoms with Gasteiger partial charge in [-0.2, -0.15) is 5.10 Å². The highest BCUT2D eigenvalue weighted by Crippen LogP contribution is 2.35. The number of nitrogens with zero attached hydrogens (tertiary/aromatic N) is 4. The molecular weight excluding hydrogens is 368 g/mol. The van der Waals surface area contributed by atoms with E-state index in [4.69, 9.17) is 9.47 Å². The zero-order valence-corrected chi connectivity index (χ0v) is 15.6. The SMILES string of the molecule is CO[C@@H]1[C@H](O)[C@H](n2ncc3c(SC)nc(SC)nc32)O[C@@H]1[C@H](O)CO. The number of aromatic nitrogens is 4. The lowest BCUT2D eigenvalue weighted by Gasteiger charge is -2.21. The first kappa shape index (κ1) is 18.8. The molecule has 5 atom stereocenters. The van der Waals surface area contributed by atoms with Crippen LogP contribution in [-0.4, -0.2) is 85.7 Å². The van der Waals surface area contributed by atoms with E-state index in [1.54, 1.807) is 6.20 Å². The van der Waals surface area contributed by atoms with Gasteiger partial charge in [-0.05, 0) is 12.5 Å². The summed E-state index contributed by atoms with van der Waals surface area (Å²) in [5.74, 6) is 0. The van der Waals surface area contributed by atoms with Gasteiger partial charge < -0.3 is 24.8 Å². The van der Waals surface area contributed by atoms with Crippen LogP contribution < -0.4 is 0 Å². The second-order valence-corrected chi connectivity index (χ2v) is 7.05. The van der Waals surface area contributed by atoms with Crippen LogP contribution in [-0.2, 0) is 9.47 Å². The summed E-state index contributed by atoms with van der Waals surface area (Å²) in [7, 11) is 1.41. The highest BCUT2D eigenvalue weighted by molar-refractivity contribution is 7.99. The predicted molar refractivity (Wildman–Crippen MR) is 92.7 cm³/mol. The van der Waals surface area contributed by atoms with Gasteiger partial charge in [-0.15, -0.1) is 11.8 Å². The molecule has 2 aromatic rings. The number of rotatable bonds is 6. The molecule has 0 amide bonds. The van der Waals surface area contributed by atoms with Gasteiger partial charge in [-0.1, -0.05) is 11.8 Å². The second-order valence-electron chi connectivity index (χ2n) is 5.48. The van der Waals surface area contributed by atoms with Crippen molar-refractivity contribution in [1.82, 2.24) is 19.7 Å². The third kappa shape index (κ3) is 3.25. The highest BCUT2D eigenvalue weighted by Gasteiger charge is 2.48. The molecule has 0 spiro atoms. The molecule has 0 bridgehead atoms. The minimum absolute atomic E-state index is 0.501. The standard InChI is InChI=1S/C14H20N4O5S2/c1-22-10-8(21)13(23-9(10)7(20)5-19)18-11-6(4-15-18)12(24-2)17-14(16-11)25-3/h4,7-10,13,19-21H,5H2,1-3H3/t7-,8+,9-,10-,13-/m1/s1. The van der Waals surface area contributed by atoms with Crippen molar-refractivity contribution < 1.29 is 24.8 Å². The van der Waals surface area contributed by atoms with Crippen LogP contribution in [0.15, 0.2) is 16.4 Å². The van der Waals surface area contributed by atoms with E-state index in [9.17, 15) is 15.3 Å². The van der Waals surface area contributed by atoms with Crippen molar-refractivity contribution in [2.75, 3.05) is 26.2 Å². The topological polar surface area (TPSA) is 123 Å². The quantitative estimate of drug-likeness (QED) is 0.351. The van der Waals surface area contributed by atoms with Gasteiger partial charge in [-0.3, -0.25) is 0 Å². The van der Waals surface area contributed by atoms with Crippen molar-refractivity contribution in [3.63, 3.8) is 0 Å². The molecule has 9 nitrogen and oxygen atoms in total. The van der Waals surface area contributed by atoms with Gasteiger partial charge in [0.15, 0.2) is 17.0 Å². The molecule has 11 heteroatoms. The molecule has 0 radical (unpaired) electrons. The molecule has 3 N–H and O–H groups in total. The molecule has 1 fully saturated rings. The average Bonchev–Trinajstić information content (AvgIpc) is 3.20. The lowest BCUT2D eigenvalue weighted by atomic mass is 10.1. The molecule has 0 unspecified atom stereocenters. The van der Waals surface area contributed by atoms with Crippen molar-refractivity contribution in [1.29, 1.82) is 0 Å². The molecule has 1 aliphatic rings. The molecule has 0 aromatic carbocycles. The zero-order chi connectivity index (χ0) is 18.1. The smallest absolute Gasteiger partial charge is 0.190 e. The van der Waals surface area contributed by atoms with Crippen LogP contribution in [0.5, 0.6) is 0 Å². The third-order valence-corrected chi connectivity index (χ3v) is 5.35. The van der Waals surface area contributed by atoms with Gasteiger partial charge >= 0.3 is 0 Å². The zero-order valence-electron chi connectivity index (χ0n) is 13.9. The normalized spacial score (nSPS) is 27.9. The van der Waals surface area contributed by atoms with Gasteiger partial charge in [0.05, 0.1) is 18.2 Å². The van der Waals surface area contributed by atoms with Crippen LogP contribution in [0, 0.1) is 0 Å². The number of thioether (sulfide) groups is 2. The van der Waals surface area contributed by atoms with E-state index < -0.39 is 37.3 Å². The van der Waals surface area contributed by atoms with E-state index in [-0.39, 0.29) is 0 Å². The molecule has 25 heavy (non-hydrogen) atoms. The van der Waals surface area contributed by atoms with Gasteiger partial charge in [0.2, 0.25) is 0 Å². The van der Waals surface area contributed by atoms with Crippen molar-refractivity contribution in [2.45, 2.75) is 40.8 Å². The molecule has 0 saturated carbocycles. The Morgan fingerprint density at radius 1 is 1.36 bits per heavy atom. The van der Waals surface area contributed by atoms with Crippen LogP contribution in [0.2, 0.25) is 0 Å². The number of aliphatic hydroxyl groups is 3. The summed E-state index contributed by atoms with van der Waals surface area (Å²) in [5.41, 5.74) is 0.529. The summed E-state index contributed by atoms with van der Waals surface area (Å²) in [6, 6.07) is 0. The summed E-state index contributed by atoms with van der Waals surface area (Å²) in [4.78, 5) is 8.92. The van der Waals surface area contributed by atoms with Crippen molar-refractivity contribution in [2.24, 2.45) is 0 Å². The van der Waals surface area contributed by atoms with Crippen LogP contribution in [0.4, 0.5) is 0 Å². The van der Waals surface area contributed by atoms with Gasteiger partial charge in [0.25, 0.3) is 0 Å². The minimum atomic E-state index is -1.18. The van der Waals surface area contributed by atoms with E-state index in [2.05, 4.69) is 15.1 Å². The Morgan fingerprint density at radius 3 is 2.72 bits per heavy atom. The van der Waals surface area contributed by atoms with Crippen molar-refractivity contribution >= 4 is 34.6 Å². The number of methoxy groups -OCH3 is 1. The molecule has 2 aromatic heterocycles. The van der Waals surface area contributed by atoms with E-state index in [1.165, 1.54) is 35.3 Å². The summed E-state index contributed by atoms with van der Waals surface area (Å²) < 4.78 is 12.5. The molecule has 138 valence electrons. The summed E-state index contributed by atoms with van der Waals surface area (Å²) >= 11 is 2.88. The molecule has 1 saturated heterocycles. The summed E-state index contributed by atoms with van der Waals surface area (Å²) in [6.45, 7) is -0.501. The molecule has 3 heterocycles. The van der Waals surface area contributed by atoms with E-state index in [0.717, 1.165) is 10.4 Å². The fraction of sp³-hybridized carbons (Fsp3) is 0.643. The Morgan fingerprint density at radius 2 is 2.12 bits per heavy atom. The van der Waals surface area contributed by atoms with Crippen molar-refractivity contribution in [3.8, 4) is 0 Å². The van der Waals surface area contributed by atoms with Gasteiger partial charge in [-0.25, -0.2) is 14.6 Å². The summed E-state index contributed by atoms with van der Waals surface area (Å²) in [6.07, 6.45) is 0.589. The Hall–Kier alpha value is -0.950. The number of fused-ring (bicyclic) bond motifs is 1. The maximum atomic E-state index is 10.6. The third-order valence-electron chi connectivity index (χ3n) is 4.10. The average molecular weight is 388 g/mol. The maximum Gasteiger partial charge on any atom is 0.190 e. The van der Waals surface area contributed by atoms with Crippen LogP contribution in [0.25, 0.3) is 11.0 Å². The Kier molecular flexibility index (Phi) is 5.83. The van der Waals surface area contributed by atoms with Gasteiger partial charge in [0, 0.05) is 7.11 Å². The van der Waals surface area contributed by atoms with Gasteiger partial charge in [0.1, 0.15) is 29.4 Å². The molecule has 1 aliphatic heterocycles. The first-order valence-corrected chi connectivity index (χ1v) is 9.99. The minimum Gasteiger partial charge on any atom is -0.394 e. The molecule has 3 rings (SSSR count). The van der Waals surface area contributed by atoms with Crippen LogP contribution in [0.1, 0.15) is 6.23 Å². The maximum absolute atomic E-state index is 10.6. The van der Waals surface area contributed by atoms with Crippen LogP contribution in [0.3, 0.4) is 0 Å². The highest BCUT2D eigenvalue weighted by atomic mass is 32.2. The van der Waals surface area contributed by atoms with Crippen molar-refractivity contribution in [3.05, 3.63) is 6.20 Å². The second kappa shape index (κ2) is 7.74. The lowest BCUT2D eigenvalue weighted by molar-refractivity contribution is -0.103. The van der Waals surface area contributed by atoms with Crippen LogP contribution >= 0.6 is 23.5 Å². The Bertz CT molecular complexity index is 745. The Labute approximate surface area is 152 Å². The molecule has 0 aliphatic carbocycles. The fourth-order valence-electron chi connectivity index (χ4n) is 2.88. The number of hydrogen-bond acceptors (Lipinski definition) is 10. The number of hydrogen-bond donors (Lipinski definition) is 3. The first-order valence-electron chi connectivity index (χ1n) is 7.54. The largest absolute Gasteiger partial charge is 0.394 e.